The molecule has 0 radical (unpaired) electrons. The van der Waals surface area contributed by atoms with Crippen LogP contribution in [0.25, 0.3) is 10.9 Å². The van der Waals surface area contributed by atoms with E-state index in [0.717, 1.165) is 17.2 Å². The predicted molar refractivity (Wildman–Crippen MR) is 122 cm³/mol. The number of nitrogens with one attached hydrogen (secondary N) is 1. The lowest BCUT2D eigenvalue weighted by Crippen LogP contribution is -2.49. The van der Waals surface area contributed by atoms with Crippen LogP contribution in [-0.4, -0.2) is 62.7 Å². The second-order valence-electron chi connectivity index (χ2n) is 8.77. The van der Waals surface area contributed by atoms with Crippen molar-refractivity contribution in [3.05, 3.63) is 30.0 Å². The molecule has 1 aromatic carbocycles. The van der Waals surface area contributed by atoms with Crippen molar-refractivity contribution in [2.24, 2.45) is 5.92 Å². The van der Waals surface area contributed by atoms with Gasteiger partial charge in [-0.25, -0.2) is 13.9 Å². The summed E-state index contributed by atoms with van der Waals surface area (Å²) in [6.07, 6.45) is 4.05. The fourth-order valence-corrected chi connectivity index (χ4v) is 4.67. The van der Waals surface area contributed by atoms with Crippen molar-refractivity contribution < 1.29 is 28.6 Å². The molecule has 1 saturated carbocycles. The molecule has 2 aromatic rings. The first-order valence-corrected chi connectivity index (χ1v) is 12.3. The predicted octanol–water partition coefficient (Wildman–Crippen LogP) is 0.613. The van der Waals surface area contributed by atoms with Crippen LogP contribution >= 0.6 is 0 Å². The van der Waals surface area contributed by atoms with Crippen LogP contribution in [-0.2, 0) is 21.2 Å². The lowest BCUT2D eigenvalue weighted by molar-refractivity contribution is -0.131. The summed E-state index contributed by atoms with van der Waals surface area (Å²) in [5.74, 6) is 10.5. The SMILES string of the molecule is C[C@@](CCn1cc2cc(C#CC#CCC3(O)CC(CO)C3)ccc2n1)(C(=O)NO)S(C)(=O)=O. The number of carbonyl (C=O) groups is 1. The molecule has 1 fully saturated rings. The van der Waals surface area contributed by atoms with Gasteiger partial charge in [0.2, 0.25) is 0 Å². The van der Waals surface area contributed by atoms with Gasteiger partial charge in [-0.15, -0.1) is 0 Å². The monoisotopic (exact) mass is 473 g/mol. The van der Waals surface area contributed by atoms with Crippen LogP contribution in [0.3, 0.4) is 0 Å². The Morgan fingerprint density at radius 2 is 2.09 bits per heavy atom. The maximum atomic E-state index is 12.1. The van der Waals surface area contributed by atoms with Gasteiger partial charge in [0.25, 0.3) is 5.91 Å². The van der Waals surface area contributed by atoms with Crippen molar-refractivity contribution in [3.63, 3.8) is 0 Å². The maximum Gasteiger partial charge on any atom is 0.264 e. The summed E-state index contributed by atoms with van der Waals surface area (Å²) < 4.78 is 23.9. The Labute approximate surface area is 192 Å². The van der Waals surface area contributed by atoms with E-state index in [1.165, 1.54) is 12.4 Å². The number of hydroxylamine groups is 1. The first-order chi connectivity index (χ1) is 15.5. The fraction of sp³-hybridized carbons (Fsp3) is 0.478. The average Bonchev–Trinajstić information content (AvgIpc) is 3.16. The summed E-state index contributed by atoms with van der Waals surface area (Å²) in [5.41, 5.74) is 2.02. The molecule has 33 heavy (non-hydrogen) atoms. The Balaban J connectivity index is 1.66. The Morgan fingerprint density at radius 1 is 1.36 bits per heavy atom. The zero-order valence-corrected chi connectivity index (χ0v) is 19.3. The Hall–Kier alpha value is -2.89. The minimum atomic E-state index is -3.78. The fourth-order valence-electron chi connectivity index (χ4n) is 3.83. The molecule has 0 saturated heterocycles. The number of carbonyl (C=O) groups excluding carboxylic acids is 1. The van der Waals surface area contributed by atoms with Crippen LogP contribution < -0.4 is 5.48 Å². The molecule has 0 spiro atoms. The van der Waals surface area contributed by atoms with Crippen LogP contribution in [0.2, 0.25) is 0 Å². The highest BCUT2D eigenvalue weighted by atomic mass is 32.2. The molecule has 3 rings (SSSR count). The molecule has 1 heterocycles. The second kappa shape index (κ2) is 9.54. The van der Waals surface area contributed by atoms with Crippen LogP contribution in [0.4, 0.5) is 0 Å². The minimum Gasteiger partial charge on any atom is -0.396 e. The maximum absolute atomic E-state index is 12.1. The number of aryl methyl sites for hydroxylation is 1. The third kappa shape index (κ3) is 5.55. The lowest BCUT2D eigenvalue weighted by Gasteiger charge is -2.41. The van der Waals surface area contributed by atoms with E-state index < -0.39 is 26.1 Å². The number of aliphatic hydroxyl groups excluding tert-OH is 1. The Bertz CT molecular complexity index is 1270. The van der Waals surface area contributed by atoms with Gasteiger partial charge >= 0.3 is 0 Å². The molecule has 1 aromatic heterocycles. The van der Waals surface area contributed by atoms with Crippen molar-refractivity contribution in [2.45, 2.75) is 49.5 Å². The van der Waals surface area contributed by atoms with Gasteiger partial charge in [0.1, 0.15) is 0 Å². The summed E-state index contributed by atoms with van der Waals surface area (Å²) in [7, 11) is -3.78. The summed E-state index contributed by atoms with van der Waals surface area (Å²) in [5, 5.41) is 33.3. The van der Waals surface area contributed by atoms with Gasteiger partial charge in [-0.05, 0) is 62.1 Å². The lowest BCUT2D eigenvalue weighted by atomic mass is 9.70. The van der Waals surface area contributed by atoms with Crippen LogP contribution in [0.5, 0.6) is 0 Å². The summed E-state index contributed by atoms with van der Waals surface area (Å²) in [6.45, 7) is 1.50. The summed E-state index contributed by atoms with van der Waals surface area (Å²) in [4.78, 5) is 11.9. The first-order valence-electron chi connectivity index (χ1n) is 10.4. The molecule has 0 bridgehead atoms. The highest BCUT2D eigenvalue weighted by Gasteiger charge is 2.43. The largest absolute Gasteiger partial charge is 0.396 e. The van der Waals surface area contributed by atoms with Gasteiger partial charge in [-0.3, -0.25) is 14.7 Å². The number of hydrogen-bond donors (Lipinski definition) is 4. The molecular weight excluding hydrogens is 446 g/mol. The molecule has 4 N–H and O–H groups in total. The summed E-state index contributed by atoms with van der Waals surface area (Å²) >= 11 is 0. The number of aliphatic hydroxyl groups is 2. The molecular formula is C23H27N3O6S. The quantitative estimate of drug-likeness (QED) is 0.262. The third-order valence-electron chi connectivity index (χ3n) is 6.14. The van der Waals surface area contributed by atoms with Crippen molar-refractivity contribution in [2.75, 3.05) is 12.9 Å². The number of fused-ring (bicyclic) bond motifs is 1. The zero-order chi connectivity index (χ0) is 24.3. The van der Waals surface area contributed by atoms with Crippen molar-refractivity contribution in [1.29, 1.82) is 0 Å². The minimum absolute atomic E-state index is 0.0696. The van der Waals surface area contributed by atoms with E-state index in [1.54, 1.807) is 23.0 Å². The van der Waals surface area contributed by atoms with Crippen LogP contribution in [0.15, 0.2) is 24.4 Å². The van der Waals surface area contributed by atoms with Gasteiger partial charge in [0.05, 0.1) is 11.1 Å². The molecule has 9 nitrogen and oxygen atoms in total. The highest BCUT2D eigenvalue weighted by Crippen LogP contribution is 2.39. The van der Waals surface area contributed by atoms with E-state index >= 15 is 0 Å². The van der Waals surface area contributed by atoms with Crippen LogP contribution in [0, 0.1) is 29.6 Å². The molecule has 0 unspecified atom stereocenters. The molecule has 0 aliphatic heterocycles. The Kier molecular flexibility index (Phi) is 7.15. The zero-order valence-electron chi connectivity index (χ0n) is 18.5. The molecule has 10 heteroatoms. The van der Waals surface area contributed by atoms with Crippen molar-refractivity contribution >= 4 is 26.6 Å². The van der Waals surface area contributed by atoms with Crippen molar-refractivity contribution in [3.8, 4) is 23.7 Å². The number of nitrogens with zero attached hydrogens (tertiary/aromatic N) is 2. The molecule has 1 aliphatic rings. The number of rotatable bonds is 7. The number of aromatic nitrogens is 2. The second-order valence-corrected chi connectivity index (χ2v) is 11.2. The van der Waals surface area contributed by atoms with Crippen molar-refractivity contribution in [1.82, 2.24) is 15.3 Å². The molecule has 1 atom stereocenters. The highest BCUT2D eigenvalue weighted by molar-refractivity contribution is 7.92. The Morgan fingerprint density at radius 3 is 2.73 bits per heavy atom. The number of sulfone groups is 1. The van der Waals surface area contributed by atoms with E-state index in [1.807, 2.05) is 6.07 Å². The number of amides is 1. The molecule has 176 valence electrons. The van der Waals surface area contributed by atoms with Crippen LogP contribution in [0.1, 0.15) is 38.2 Å². The summed E-state index contributed by atoms with van der Waals surface area (Å²) in [6, 6.07) is 5.40. The number of benzene rings is 1. The molecule has 1 amide bonds. The van der Waals surface area contributed by atoms with E-state index in [4.69, 9.17) is 10.3 Å². The standard InChI is InChI=1S/C23H27N3O6S/c1-22(21(28)25-30,33(2,31)32)10-11-26-15-19-12-17(7-8-20(19)24-26)6-4-3-5-9-23(29)13-18(14-23)16-27/h7-8,12,15,18,27,29-30H,9-11,13-14,16H2,1-2H3,(H,25,28)/t18?,22-,23?/m1/s1. The first kappa shape index (κ1) is 24.7. The van der Waals surface area contributed by atoms with Gasteiger partial charge in [0, 0.05) is 43.0 Å². The van der Waals surface area contributed by atoms with E-state index in [-0.39, 0.29) is 25.5 Å². The van der Waals surface area contributed by atoms with E-state index in [9.17, 15) is 18.3 Å². The number of hydrogen-bond acceptors (Lipinski definition) is 7. The average molecular weight is 474 g/mol. The van der Waals surface area contributed by atoms with E-state index in [2.05, 4.69) is 28.8 Å². The smallest absolute Gasteiger partial charge is 0.264 e. The van der Waals surface area contributed by atoms with Gasteiger partial charge in [-0.2, -0.15) is 5.10 Å². The van der Waals surface area contributed by atoms with Gasteiger partial charge in [0.15, 0.2) is 14.6 Å². The van der Waals surface area contributed by atoms with Gasteiger partial charge in [-0.1, -0.05) is 11.8 Å². The van der Waals surface area contributed by atoms with E-state index in [0.29, 0.717) is 24.8 Å². The molecule has 1 aliphatic carbocycles. The normalized spacial score (nSPS) is 21.7. The van der Waals surface area contributed by atoms with Gasteiger partial charge < -0.3 is 10.2 Å². The topological polar surface area (TPSA) is 142 Å². The third-order valence-corrected chi connectivity index (χ3v) is 8.17.